The van der Waals surface area contributed by atoms with Gasteiger partial charge >= 0.3 is 0 Å². The van der Waals surface area contributed by atoms with E-state index < -0.39 is 0 Å². The van der Waals surface area contributed by atoms with E-state index in [4.69, 9.17) is 11.6 Å². The summed E-state index contributed by atoms with van der Waals surface area (Å²) < 4.78 is 1.86. The molecule has 1 amide bonds. The fraction of sp³-hybridized carbons (Fsp3) is 0.222. The van der Waals surface area contributed by atoms with Crippen LogP contribution >= 0.6 is 23.4 Å². The van der Waals surface area contributed by atoms with E-state index in [0.717, 1.165) is 29.1 Å². The molecule has 6 nitrogen and oxygen atoms in total. The lowest BCUT2D eigenvalue weighted by atomic mass is 10.1. The number of nitrogens with one attached hydrogen (secondary N) is 1. The van der Waals surface area contributed by atoms with Crippen molar-refractivity contribution in [3.05, 3.63) is 53.1 Å². The van der Waals surface area contributed by atoms with Crippen molar-refractivity contribution in [2.24, 2.45) is 0 Å². The maximum absolute atomic E-state index is 12.5. The Bertz CT molecular complexity index is 952. The lowest BCUT2D eigenvalue weighted by Crippen LogP contribution is -2.12. The van der Waals surface area contributed by atoms with Crippen molar-refractivity contribution < 1.29 is 4.79 Å². The smallest absolute Gasteiger partial charge is 0.257 e. The van der Waals surface area contributed by atoms with E-state index in [9.17, 15) is 4.79 Å². The monoisotopic (exact) mass is 385 g/mol. The molecule has 8 heteroatoms. The van der Waals surface area contributed by atoms with Gasteiger partial charge in [0.15, 0.2) is 5.82 Å². The average Bonchev–Trinajstić information content (AvgIpc) is 3.39. The third kappa shape index (κ3) is 3.45. The van der Waals surface area contributed by atoms with Gasteiger partial charge in [0.05, 0.1) is 16.6 Å². The molecule has 1 saturated carbocycles. The predicted octanol–water partition coefficient (Wildman–Crippen LogP) is 4.30. The summed E-state index contributed by atoms with van der Waals surface area (Å²) in [6.07, 6.45) is 4.18. The number of halogens is 1. The van der Waals surface area contributed by atoms with Crippen LogP contribution in [0.25, 0.3) is 11.4 Å². The number of carbonyl (C=O) groups is 1. The van der Waals surface area contributed by atoms with Gasteiger partial charge in [-0.25, -0.2) is 4.68 Å². The normalized spacial score (nSPS) is 13.6. The van der Waals surface area contributed by atoms with Gasteiger partial charge in [0.1, 0.15) is 0 Å². The molecule has 1 aliphatic carbocycles. The highest BCUT2D eigenvalue weighted by Crippen LogP contribution is 2.36. The Balaban J connectivity index is 1.52. The number of hydrogen-bond acceptors (Lipinski definition) is 5. The lowest BCUT2D eigenvalue weighted by Gasteiger charge is -2.09. The third-order valence-corrected chi connectivity index (χ3v) is 5.26. The molecule has 0 atom stereocenters. The molecule has 0 spiro atoms. The van der Waals surface area contributed by atoms with E-state index >= 15 is 0 Å². The summed E-state index contributed by atoms with van der Waals surface area (Å²) in [7, 11) is 0. The van der Waals surface area contributed by atoms with Gasteiger partial charge < -0.3 is 5.32 Å². The molecule has 1 N–H and O–H groups in total. The Morgan fingerprint density at radius 1 is 1.23 bits per heavy atom. The van der Waals surface area contributed by atoms with Crippen molar-refractivity contribution in [2.45, 2.75) is 23.8 Å². The molecular formula is C18H16ClN5OS. The van der Waals surface area contributed by atoms with E-state index in [1.165, 1.54) is 0 Å². The summed E-state index contributed by atoms with van der Waals surface area (Å²) in [5.74, 6) is 0.516. The van der Waals surface area contributed by atoms with Crippen molar-refractivity contribution in [3.8, 4) is 11.4 Å². The van der Waals surface area contributed by atoms with Crippen LogP contribution in [0.5, 0.6) is 0 Å². The van der Waals surface area contributed by atoms with Crippen LogP contribution in [-0.2, 0) is 0 Å². The third-order valence-electron chi connectivity index (χ3n) is 4.20. The standard InChI is InChI=1S/C18H16ClN5OS/c1-26-14-8-9-16(19)15(10-14)18(25)20-12-4-2-11(3-5-12)17-21-22-23-24(17)13-6-7-13/h2-5,8-10,13H,6-7H2,1H3,(H,20,25). The zero-order chi connectivity index (χ0) is 18.1. The Morgan fingerprint density at radius 3 is 2.69 bits per heavy atom. The number of rotatable bonds is 5. The molecule has 0 bridgehead atoms. The fourth-order valence-corrected chi connectivity index (χ4v) is 3.30. The van der Waals surface area contributed by atoms with Crippen LogP contribution in [0, 0.1) is 0 Å². The maximum Gasteiger partial charge on any atom is 0.257 e. The first kappa shape index (κ1) is 17.1. The Hall–Kier alpha value is -2.38. The highest BCUT2D eigenvalue weighted by molar-refractivity contribution is 7.98. The fourth-order valence-electron chi connectivity index (χ4n) is 2.66. The molecule has 0 radical (unpaired) electrons. The number of nitrogens with zero attached hydrogens (tertiary/aromatic N) is 4. The summed E-state index contributed by atoms with van der Waals surface area (Å²) in [4.78, 5) is 13.5. The van der Waals surface area contributed by atoms with E-state index in [0.29, 0.717) is 22.3 Å². The second-order valence-corrected chi connectivity index (χ2v) is 7.34. The molecule has 26 heavy (non-hydrogen) atoms. The van der Waals surface area contributed by atoms with Crippen LogP contribution in [0.1, 0.15) is 29.2 Å². The second-order valence-electron chi connectivity index (χ2n) is 6.06. The first-order valence-corrected chi connectivity index (χ1v) is 9.79. The predicted molar refractivity (Wildman–Crippen MR) is 103 cm³/mol. The van der Waals surface area contributed by atoms with Gasteiger partial charge in [0.25, 0.3) is 5.91 Å². The number of carbonyl (C=O) groups excluding carboxylic acids is 1. The zero-order valence-corrected chi connectivity index (χ0v) is 15.6. The highest BCUT2D eigenvalue weighted by Gasteiger charge is 2.28. The van der Waals surface area contributed by atoms with Gasteiger partial charge in [-0.05, 0) is 72.0 Å². The van der Waals surface area contributed by atoms with Gasteiger partial charge in [-0.2, -0.15) is 0 Å². The molecule has 4 rings (SSSR count). The SMILES string of the molecule is CSc1ccc(Cl)c(C(=O)Nc2ccc(-c3nnnn3C3CC3)cc2)c1. The number of anilines is 1. The number of amides is 1. The molecule has 3 aromatic rings. The van der Waals surface area contributed by atoms with Gasteiger partial charge in [-0.15, -0.1) is 16.9 Å². The quantitative estimate of drug-likeness (QED) is 0.663. The largest absolute Gasteiger partial charge is 0.322 e. The van der Waals surface area contributed by atoms with Crippen LogP contribution in [0.4, 0.5) is 5.69 Å². The van der Waals surface area contributed by atoms with E-state index in [2.05, 4.69) is 20.8 Å². The molecule has 0 saturated heterocycles. The van der Waals surface area contributed by atoms with Gasteiger partial charge in [0.2, 0.25) is 0 Å². The molecule has 1 heterocycles. The zero-order valence-electron chi connectivity index (χ0n) is 14.0. The Kier molecular flexibility index (Phi) is 4.65. The minimum Gasteiger partial charge on any atom is -0.322 e. The number of benzene rings is 2. The van der Waals surface area contributed by atoms with Crippen molar-refractivity contribution in [2.75, 3.05) is 11.6 Å². The lowest BCUT2D eigenvalue weighted by molar-refractivity contribution is 0.102. The van der Waals surface area contributed by atoms with Crippen LogP contribution in [0.3, 0.4) is 0 Å². The van der Waals surface area contributed by atoms with E-state index in [-0.39, 0.29) is 5.91 Å². The first-order chi connectivity index (χ1) is 12.7. The number of hydrogen-bond donors (Lipinski definition) is 1. The van der Waals surface area contributed by atoms with Crippen LogP contribution in [-0.4, -0.2) is 32.4 Å². The molecule has 132 valence electrons. The molecule has 0 aliphatic heterocycles. The minimum absolute atomic E-state index is 0.235. The van der Waals surface area contributed by atoms with Crippen LogP contribution in [0.2, 0.25) is 5.02 Å². The van der Waals surface area contributed by atoms with Crippen molar-refractivity contribution in [1.29, 1.82) is 0 Å². The van der Waals surface area contributed by atoms with Gasteiger partial charge in [-0.1, -0.05) is 11.6 Å². The topological polar surface area (TPSA) is 72.7 Å². The van der Waals surface area contributed by atoms with Crippen LogP contribution < -0.4 is 5.32 Å². The number of tetrazole rings is 1. The van der Waals surface area contributed by atoms with E-state index in [1.54, 1.807) is 23.9 Å². The van der Waals surface area contributed by atoms with Crippen molar-refractivity contribution in [3.63, 3.8) is 0 Å². The van der Waals surface area contributed by atoms with Crippen molar-refractivity contribution >= 4 is 35.0 Å². The summed E-state index contributed by atoms with van der Waals surface area (Å²) in [5, 5.41) is 15.3. The average molecular weight is 386 g/mol. The Labute approximate surface area is 159 Å². The number of aromatic nitrogens is 4. The minimum atomic E-state index is -0.235. The molecule has 1 aromatic heterocycles. The molecule has 1 aliphatic rings. The molecule has 1 fully saturated rings. The van der Waals surface area contributed by atoms with Gasteiger partial charge in [0, 0.05) is 16.1 Å². The Morgan fingerprint density at radius 2 is 2.00 bits per heavy atom. The molecule has 2 aromatic carbocycles. The summed E-state index contributed by atoms with van der Waals surface area (Å²) >= 11 is 7.73. The highest BCUT2D eigenvalue weighted by atomic mass is 35.5. The summed E-state index contributed by atoms with van der Waals surface area (Å²) in [6, 6.07) is 13.3. The summed E-state index contributed by atoms with van der Waals surface area (Å²) in [5.41, 5.74) is 2.07. The summed E-state index contributed by atoms with van der Waals surface area (Å²) in [6.45, 7) is 0. The van der Waals surface area contributed by atoms with Crippen molar-refractivity contribution in [1.82, 2.24) is 20.2 Å². The molecule has 0 unspecified atom stereocenters. The van der Waals surface area contributed by atoms with E-state index in [1.807, 2.05) is 41.3 Å². The van der Waals surface area contributed by atoms with Crippen LogP contribution in [0.15, 0.2) is 47.4 Å². The second kappa shape index (κ2) is 7.09. The molecular weight excluding hydrogens is 370 g/mol. The maximum atomic E-state index is 12.5. The number of thioether (sulfide) groups is 1. The first-order valence-electron chi connectivity index (χ1n) is 8.19. The van der Waals surface area contributed by atoms with Gasteiger partial charge in [-0.3, -0.25) is 4.79 Å².